The lowest BCUT2D eigenvalue weighted by atomic mass is 10.2. The molecule has 0 radical (unpaired) electrons. The summed E-state index contributed by atoms with van der Waals surface area (Å²) in [6, 6.07) is 11.9. The second-order valence-electron chi connectivity index (χ2n) is 5.19. The second kappa shape index (κ2) is 6.94. The number of imide groups is 1. The van der Waals surface area contributed by atoms with Crippen LogP contribution < -0.4 is 15.0 Å². The SMILES string of the molecule is CCOc1ccc(N2C(=O)C(Cl)=C(Nc3ccc(F)cc3)C2=O)cc1. The number of ether oxygens (including phenoxy) is 1. The zero-order valence-electron chi connectivity index (χ0n) is 13.3. The molecule has 0 bridgehead atoms. The molecule has 3 rings (SSSR count). The summed E-state index contributed by atoms with van der Waals surface area (Å²) < 4.78 is 18.3. The molecule has 7 heteroatoms. The predicted octanol–water partition coefficient (Wildman–Crippen LogP) is 3.66. The smallest absolute Gasteiger partial charge is 0.283 e. The van der Waals surface area contributed by atoms with Crippen molar-refractivity contribution in [3.8, 4) is 5.75 Å². The van der Waals surface area contributed by atoms with Crippen LogP contribution >= 0.6 is 11.6 Å². The Morgan fingerprint density at radius 2 is 1.68 bits per heavy atom. The molecule has 2 aromatic rings. The van der Waals surface area contributed by atoms with Crippen LogP contribution in [0.5, 0.6) is 5.75 Å². The molecule has 2 amide bonds. The molecule has 128 valence electrons. The van der Waals surface area contributed by atoms with Crippen molar-refractivity contribution < 1.29 is 18.7 Å². The molecular weight excluding hydrogens is 347 g/mol. The van der Waals surface area contributed by atoms with Gasteiger partial charge in [0.1, 0.15) is 22.3 Å². The molecule has 0 aliphatic carbocycles. The van der Waals surface area contributed by atoms with Crippen LogP contribution in [-0.2, 0) is 9.59 Å². The van der Waals surface area contributed by atoms with Crippen LogP contribution in [0.25, 0.3) is 0 Å². The summed E-state index contributed by atoms with van der Waals surface area (Å²) in [5.74, 6) is -0.978. The van der Waals surface area contributed by atoms with Crippen molar-refractivity contribution >= 4 is 34.8 Å². The largest absolute Gasteiger partial charge is 0.494 e. The third-order valence-corrected chi connectivity index (χ3v) is 3.90. The quantitative estimate of drug-likeness (QED) is 0.827. The van der Waals surface area contributed by atoms with Gasteiger partial charge in [-0.3, -0.25) is 9.59 Å². The van der Waals surface area contributed by atoms with Crippen LogP contribution in [0.2, 0.25) is 0 Å². The monoisotopic (exact) mass is 360 g/mol. The summed E-state index contributed by atoms with van der Waals surface area (Å²) >= 11 is 6.04. The van der Waals surface area contributed by atoms with Gasteiger partial charge in [-0.2, -0.15) is 0 Å². The van der Waals surface area contributed by atoms with Crippen molar-refractivity contribution in [1.82, 2.24) is 0 Å². The third kappa shape index (κ3) is 3.34. The maximum Gasteiger partial charge on any atom is 0.283 e. The number of amides is 2. The Morgan fingerprint density at radius 3 is 2.28 bits per heavy atom. The van der Waals surface area contributed by atoms with Crippen molar-refractivity contribution in [1.29, 1.82) is 0 Å². The Bertz CT molecular complexity index is 848. The summed E-state index contributed by atoms with van der Waals surface area (Å²) in [6.45, 7) is 2.37. The molecule has 0 unspecified atom stereocenters. The van der Waals surface area contributed by atoms with Crippen molar-refractivity contribution in [3.63, 3.8) is 0 Å². The zero-order valence-corrected chi connectivity index (χ0v) is 14.0. The Balaban J connectivity index is 1.84. The average molecular weight is 361 g/mol. The Hall–Kier alpha value is -2.86. The van der Waals surface area contributed by atoms with Crippen molar-refractivity contribution in [2.24, 2.45) is 0 Å². The number of carbonyl (C=O) groups excluding carboxylic acids is 2. The summed E-state index contributed by atoms with van der Waals surface area (Å²) in [5, 5.41) is 2.55. The van der Waals surface area contributed by atoms with Crippen molar-refractivity contribution in [3.05, 3.63) is 65.1 Å². The number of carbonyl (C=O) groups is 2. The number of halogens is 2. The van der Waals surface area contributed by atoms with Gasteiger partial charge in [0.15, 0.2) is 0 Å². The molecule has 1 N–H and O–H groups in total. The lowest BCUT2D eigenvalue weighted by Crippen LogP contribution is -2.32. The van der Waals surface area contributed by atoms with Crippen LogP contribution in [0.1, 0.15) is 6.92 Å². The van der Waals surface area contributed by atoms with Gasteiger partial charge < -0.3 is 10.1 Å². The number of hydrogen-bond donors (Lipinski definition) is 1. The average Bonchev–Trinajstić information content (AvgIpc) is 2.82. The van der Waals surface area contributed by atoms with E-state index < -0.39 is 17.6 Å². The van der Waals surface area contributed by atoms with Crippen molar-refractivity contribution in [2.45, 2.75) is 6.92 Å². The maximum atomic E-state index is 13.0. The molecule has 0 atom stereocenters. The number of anilines is 2. The predicted molar refractivity (Wildman–Crippen MR) is 93.0 cm³/mol. The molecule has 0 saturated carbocycles. The van der Waals surface area contributed by atoms with Gasteiger partial charge in [0.2, 0.25) is 0 Å². The topological polar surface area (TPSA) is 58.6 Å². The normalized spacial score (nSPS) is 14.3. The van der Waals surface area contributed by atoms with E-state index in [9.17, 15) is 14.0 Å². The van der Waals surface area contributed by atoms with Gasteiger partial charge in [0.25, 0.3) is 11.8 Å². The lowest BCUT2D eigenvalue weighted by molar-refractivity contribution is -0.120. The molecule has 0 spiro atoms. The molecule has 1 aliphatic heterocycles. The Kier molecular flexibility index (Phi) is 4.72. The van der Waals surface area contributed by atoms with E-state index in [0.29, 0.717) is 23.7 Å². The standard InChI is InChI=1S/C18H14ClFN2O3/c1-2-25-14-9-7-13(8-10-14)22-17(23)15(19)16(18(22)24)21-12-5-3-11(20)4-6-12/h3-10,21H,2H2,1H3. The Morgan fingerprint density at radius 1 is 1.04 bits per heavy atom. The van der Waals surface area contributed by atoms with E-state index in [0.717, 1.165) is 4.90 Å². The lowest BCUT2D eigenvalue weighted by Gasteiger charge is -2.15. The summed E-state index contributed by atoms with van der Waals surface area (Å²) in [7, 11) is 0. The summed E-state index contributed by atoms with van der Waals surface area (Å²) in [4.78, 5) is 25.9. The van der Waals surface area contributed by atoms with Gasteiger partial charge in [0.05, 0.1) is 12.3 Å². The molecular formula is C18H14ClFN2O3. The molecule has 1 aliphatic rings. The highest BCUT2D eigenvalue weighted by Gasteiger charge is 2.38. The van der Waals surface area contributed by atoms with Gasteiger partial charge in [-0.15, -0.1) is 0 Å². The maximum absolute atomic E-state index is 13.0. The first-order valence-corrected chi connectivity index (χ1v) is 7.93. The van der Waals surface area contributed by atoms with E-state index in [4.69, 9.17) is 16.3 Å². The van der Waals surface area contributed by atoms with E-state index in [1.807, 2.05) is 6.92 Å². The van der Waals surface area contributed by atoms with Gasteiger partial charge in [0, 0.05) is 5.69 Å². The van der Waals surface area contributed by atoms with E-state index in [2.05, 4.69) is 5.32 Å². The zero-order chi connectivity index (χ0) is 18.0. The summed E-state index contributed by atoms with van der Waals surface area (Å²) in [5.41, 5.74) is 0.781. The number of rotatable bonds is 5. The van der Waals surface area contributed by atoms with Crippen LogP contribution in [0.3, 0.4) is 0 Å². The number of nitrogens with zero attached hydrogens (tertiary/aromatic N) is 1. The van der Waals surface area contributed by atoms with E-state index in [-0.39, 0.29) is 10.7 Å². The highest BCUT2D eigenvalue weighted by atomic mass is 35.5. The van der Waals surface area contributed by atoms with Crippen LogP contribution in [0, 0.1) is 5.82 Å². The summed E-state index contributed by atoms with van der Waals surface area (Å²) in [6.07, 6.45) is 0. The number of nitrogens with one attached hydrogen (secondary N) is 1. The van der Waals surface area contributed by atoms with Crippen LogP contribution in [-0.4, -0.2) is 18.4 Å². The minimum absolute atomic E-state index is 0.0489. The fraction of sp³-hybridized carbons (Fsp3) is 0.111. The first-order chi connectivity index (χ1) is 12.0. The molecule has 1 heterocycles. The van der Waals surface area contributed by atoms with Crippen molar-refractivity contribution in [2.75, 3.05) is 16.8 Å². The van der Waals surface area contributed by atoms with E-state index in [1.165, 1.54) is 24.3 Å². The van der Waals surface area contributed by atoms with E-state index >= 15 is 0 Å². The highest BCUT2D eigenvalue weighted by Crippen LogP contribution is 2.31. The van der Waals surface area contributed by atoms with Gasteiger partial charge >= 0.3 is 0 Å². The van der Waals surface area contributed by atoms with Gasteiger partial charge in [-0.25, -0.2) is 9.29 Å². The van der Waals surface area contributed by atoms with Crippen LogP contribution in [0.4, 0.5) is 15.8 Å². The molecule has 0 aromatic heterocycles. The molecule has 25 heavy (non-hydrogen) atoms. The first-order valence-electron chi connectivity index (χ1n) is 7.55. The fourth-order valence-electron chi connectivity index (χ4n) is 2.38. The molecule has 0 fully saturated rings. The number of hydrogen-bond acceptors (Lipinski definition) is 4. The molecule has 5 nitrogen and oxygen atoms in total. The van der Waals surface area contributed by atoms with E-state index in [1.54, 1.807) is 24.3 Å². The number of benzene rings is 2. The molecule has 2 aromatic carbocycles. The second-order valence-corrected chi connectivity index (χ2v) is 5.57. The minimum atomic E-state index is -0.625. The minimum Gasteiger partial charge on any atom is -0.494 e. The highest BCUT2D eigenvalue weighted by molar-refractivity contribution is 6.53. The first kappa shape index (κ1) is 17.0. The van der Waals surface area contributed by atoms with Crippen LogP contribution in [0.15, 0.2) is 59.3 Å². The van der Waals surface area contributed by atoms with Gasteiger partial charge in [-0.1, -0.05) is 11.6 Å². The third-order valence-electron chi connectivity index (χ3n) is 3.55. The molecule has 0 saturated heterocycles. The Labute approximate surface area is 148 Å². The fourth-order valence-corrected chi connectivity index (χ4v) is 2.59. The van der Waals surface area contributed by atoms with Gasteiger partial charge in [-0.05, 0) is 55.5 Å².